The second-order valence-corrected chi connectivity index (χ2v) is 10.9. The summed E-state index contributed by atoms with van der Waals surface area (Å²) < 4.78 is 12.6. The number of hydrogen-bond acceptors (Lipinski definition) is 6. The number of rotatable bonds is 2. The Morgan fingerprint density at radius 2 is 2.00 bits per heavy atom. The van der Waals surface area contributed by atoms with Crippen LogP contribution in [0.15, 0.2) is 23.8 Å². The Hall–Kier alpha value is -1.34. The van der Waals surface area contributed by atoms with Crippen LogP contribution in [0, 0.1) is 28.6 Å². The highest BCUT2D eigenvalue weighted by molar-refractivity contribution is 6.01. The van der Waals surface area contributed by atoms with Gasteiger partial charge < -0.3 is 19.7 Å². The van der Waals surface area contributed by atoms with Gasteiger partial charge in [-0.1, -0.05) is 25.5 Å². The summed E-state index contributed by atoms with van der Waals surface area (Å²) in [5, 5.41) is 21.3. The first-order valence-corrected chi connectivity index (χ1v) is 11.1. The van der Waals surface area contributed by atoms with Gasteiger partial charge in [0, 0.05) is 16.7 Å². The zero-order valence-electron chi connectivity index (χ0n) is 18.2. The van der Waals surface area contributed by atoms with Crippen LogP contribution in [0.1, 0.15) is 53.4 Å². The van der Waals surface area contributed by atoms with E-state index in [2.05, 4.69) is 6.92 Å². The summed E-state index contributed by atoms with van der Waals surface area (Å²) in [7, 11) is 0. The molecule has 0 bridgehead atoms. The zero-order chi connectivity index (χ0) is 21.7. The molecular weight excluding hydrogens is 384 g/mol. The Bertz CT molecular complexity index is 873. The van der Waals surface area contributed by atoms with E-state index in [9.17, 15) is 19.8 Å². The van der Waals surface area contributed by atoms with E-state index in [0.29, 0.717) is 12.8 Å². The van der Waals surface area contributed by atoms with Crippen LogP contribution >= 0.6 is 0 Å². The lowest BCUT2D eigenvalue weighted by atomic mass is 9.46. The van der Waals surface area contributed by atoms with Gasteiger partial charge in [-0.15, -0.1) is 0 Å². The van der Waals surface area contributed by atoms with E-state index in [1.165, 1.54) is 0 Å². The second kappa shape index (κ2) is 6.12. The molecule has 5 rings (SSSR count). The molecule has 30 heavy (non-hydrogen) atoms. The van der Waals surface area contributed by atoms with Crippen LogP contribution in [0.3, 0.4) is 0 Å². The number of ether oxygens (including phenoxy) is 2. The normalized spacial score (nSPS) is 50.9. The van der Waals surface area contributed by atoms with E-state index in [-0.39, 0.29) is 34.7 Å². The molecule has 164 valence electrons. The van der Waals surface area contributed by atoms with Gasteiger partial charge in [0.05, 0.1) is 12.2 Å². The SMILES string of the molecule is CC1(C)O[C@@H]2C[C@H]3[C@@H]4CCC5=CC(=O)C=C[C@]5(C)[C@@H]4[C@H](O)C[C@]3(C)[C@@]2(C(=O)CO)O1. The van der Waals surface area contributed by atoms with Crippen LogP contribution in [0.5, 0.6) is 0 Å². The van der Waals surface area contributed by atoms with Crippen molar-refractivity contribution in [1.82, 2.24) is 0 Å². The van der Waals surface area contributed by atoms with Gasteiger partial charge in [0.1, 0.15) is 6.61 Å². The second-order valence-electron chi connectivity index (χ2n) is 10.9. The average molecular weight is 417 g/mol. The smallest absolute Gasteiger partial charge is 0.193 e. The Morgan fingerprint density at radius 1 is 1.27 bits per heavy atom. The van der Waals surface area contributed by atoms with E-state index in [1.807, 2.05) is 13.0 Å². The van der Waals surface area contributed by atoms with Crippen molar-refractivity contribution in [3.05, 3.63) is 23.8 Å². The molecule has 4 fully saturated rings. The van der Waals surface area contributed by atoms with E-state index in [4.69, 9.17) is 9.47 Å². The molecular formula is C24H32O6. The van der Waals surface area contributed by atoms with Crippen LogP contribution in [0.2, 0.25) is 0 Å². The summed E-state index contributed by atoms with van der Waals surface area (Å²) in [4.78, 5) is 25.1. The first kappa shape index (κ1) is 20.6. The third-order valence-electron chi connectivity index (χ3n) is 9.05. The molecule has 0 amide bonds. The molecule has 6 heteroatoms. The van der Waals surface area contributed by atoms with Gasteiger partial charge in [0.2, 0.25) is 0 Å². The minimum atomic E-state index is -1.24. The molecule has 0 aromatic rings. The van der Waals surface area contributed by atoms with Gasteiger partial charge in [0.25, 0.3) is 0 Å². The van der Waals surface area contributed by atoms with Gasteiger partial charge in [0.15, 0.2) is 23.0 Å². The lowest BCUT2D eigenvalue weighted by Crippen LogP contribution is -2.63. The number of carbonyl (C=O) groups excluding carboxylic acids is 2. The molecule has 3 saturated carbocycles. The fourth-order valence-electron chi connectivity index (χ4n) is 8.04. The van der Waals surface area contributed by atoms with Crippen LogP contribution < -0.4 is 0 Å². The monoisotopic (exact) mass is 416 g/mol. The molecule has 0 aromatic carbocycles. The first-order valence-electron chi connectivity index (χ1n) is 11.1. The predicted molar refractivity (Wildman–Crippen MR) is 108 cm³/mol. The van der Waals surface area contributed by atoms with Gasteiger partial charge in [-0.2, -0.15) is 0 Å². The molecule has 8 atom stereocenters. The standard InChI is InChI=1S/C24H32O6/c1-21(2)29-19-10-16-15-6-5-13-9-14(26)7-8-22(13,3)20(15)17(27)11-23(16,4)24(19,30-21)18(28)12-25/h7-9,15-17,19-20,25,27H,5-6,10-12H2,1-4H3/t15-,16-,17+,19+,20-,22-,23-,24-/m0/s1. The summed E-state index contributed by atoms with van der Waals surface area (Å²) >= 11 is 0. The number of hydrogen-bond donors (Lipinski definition) is 2. The van der Waals surface area contributed by atoms with Gasteiger partial charge in [-0.3, -0.25) is 9.59 Å². The summed E-state index contributed by atoms with van der Waals surface area (Å²) in [6.45, 7) is 7.19. The molecule has 0 spiro atoms. The number of fused-ring (bicyclic) bond motifs is 7. The van der Waals surface area contributed by atoms with E-state index < -0.39 is 35.6 Å². The third-order valence-corrected chi connectivity index (χ3v) is 9.05. The van der Waals surface area contributed by atoms with Crippen molar-refractivity contribution in [3.8, 4) is 0 Å². The molecule has 2 N–H and O–H groups in total. The van der Waals surface area contributed by atoms with Gasteiger partial charge in [-0.05, 0) is 63.5 Å². The number of allylic oxidation sites excluding steroid dienone is 4. The fraction of sp³-hybridized carbons (Fsp3) is 0.750. The summed E-state index contributed by atoms with van der Waals surface area (Å²) in [5.74, 6) is -0.947. The first-order chi connectivity index (χ1) is 14.0. The Labute approximate surface area is 177 Å². The third kappa shape index (κ3) is 2.34. The highest BCUT2D eigenvalue weighted by atomic mass is 16.8. The van der Waals surface area contributed by atoms with Crippen LogP contribution in [-0.2, 0) is 19.1 Å². The molecule has 0 aromatic heterocycles. The Balaban J connectivity index is 1.59. The van der Waals surface area contributed by atoms with Crippen molar-refractivity contribution < 1.29 is 29.3 Å². The average Bonchev–Trinajstić information content (AvgIpc) is 3.07. The summed E-state index contributed by atoms with van der Waals surface area (Å²) in [5.41, 5.74) is -1.12. The maximum atomic E-state index is 13.2. The quantitative estimate of drug-likeness (QED) is 0.718. The van der Waals surface area contributed by atoms with Crippen molar-refractivity contribution >= 4 is 11.6 Å². The van der Waals surface area contributed by atoms with E-state index in [1.54, 1.807) is 26.0 Å². The number of carbonyl (C=O) groups is 2. The topological polar surface area (TPSA) is 93.1 Å². The fourth-order valence-corrected chi connectivity index (χ4v) is 8.04. The summed E-state index contributed by atoms with van der Waals surface area (Å²) in [6, 6.07) is 0. The lowest BCUT2D eigenvalue weighted by molar-refractivity contribution is -0.225. The van der Waals surface area contributed by atoms with E-state index in [0.717, 1.165) is 18.4 Å². The van der Waals surface area contributed by atoms with Crippen LogP contribution in [0.4, 0.5) is 0 Å². The minimum Gasteiger partial charge on any atom is -0.393 e. The van der Waals surface area contributed by atoms with Crippen molar-refractivity contribution in [3.63, 3.8) is 0 Å². The number of ketones is 2. The maximum Gasteiger partial charge on any atom is 0.193 e. The predicted octanol–water partition coefficient (Wildman–Crippen LogP) is 2.33. The van der Waals surface area contributed by atoms with Crippen molar-refractivity contribution in [2.75, 3.05) is 6.61 Å². The number of Topliss-reactive ketones (excluding diaryl/α,β-unsaturated/α-hetero) is 1. The van der Waals surface area contributed by atoms with Crippen molar-refractivity contribution in [1.29, 1.82) is 0 Å². The summed E-state index contributed by atoms with van der Waals surface area (Å²) in [6.07, 6.45) is 7.04. The van der Waals surface area contributed by atoms with Crippen molar-refractivity contribution in [2.24, 2.45) is 28.6 Å². The number of aliphatic hydroxyl groups is 2. The molecule has 1 saturated heterocycles. The molecule has 5 aliphatic rings. The van der Waals surface area contributed by atoms with Gasteiger partial charge in [-0.25, -0.2) is 0 Å². The molecule has 4 aliphatic carbocycles. The minimum absolute atomic E-state index is 0.0167. The Morgan fingerprint density at radius 3 is 2.70 bits per heavy atom. The Kier molecular flexibility index (Phi) is 4.20. The largest absolute Gasteiger partial charge is 0.393 e. The van der Waals surface area contributed by atoms with Crippen LogP contribution in [0.25, 0.3) is 0 Å². The van der Waals surface area contributed by atoms with Crippen molar-refractivity contribution in [2.45, 2.75) is 77.0 Å². The zero-order valence-corrected chi connectivity index (χ0v) is 18.2. The van der Waals surface area contributed by atoms with Gasteiger partial charge >= 0.3 is 0 Å². The van der Waals surface area contributed by atoms with Crippen LogP contribution in [-0.4, -0.2) is 52.0 Å². The highest BCUT2D eigenvalue weighted by Crippen LogP contribution is 2.70. The number of aliphatic hydroxyl groups excluding tert-OH is 2. The molecule has 1 heterocycles. The molecule has 1 aliphatic heterocycles. The molecule has 6 nitrogen and oxygen atoms in total. The molecule has 0 unspecified atom stereocenters. The lowest BCUT2D eigenvalue weighted by Gasteiger charge is -2.59. The maximum absolute atomic E-state index is 13.2. The van der Waals surface area contributed by atoms with E-state index >= 15 is 0 Å². The highest BCUT2D eigenvalue weighted by Gasteiger charge is 2.76. The molecule has 0 radical (unpaired) electrons.